The molecule has 3 atom stereocenters. The highest BCUT2D eigenvalue weighted by Crippen LogP contribution is 2.41. The van der Waals surface area contributed by atoms with Gasteiger partial charge in [0.1, 0.15) is 5.82 Å². The van der Waals surface area contributed by atoms with Crippen LogP contribution < -0.4 is 5.32 Å². The van der Waals surface area contributed by atoms with E-state index in [4.69, 9.17) is 0 Å². The maximum atomic E-state index is 13.2. The second-order valence-corrected chi connectivity index (χ2v) is 7.92. The molecule has 1 aliphatic carbocycles. The number of likely N-dealkylation sites (tertiary alicyclic amines) is 1. The molecular formula is C23H25FN2O3. The number of nitrogens with zero attached hydrogens (tertiary/aromatic N) is 1. The van der Waals surface area contributed by atoms with Crippen molar-refractivity contribution in [3.05, 3.63) is 59.9 Å². The fourth-order valence-electron chi connectivity index (χ4n) is 4.32. The number of carbonyl (C=O) groups is 2. The number of hydrogen-bond donors (Lipinski definition) is 2. The normalized spacial score (nSPS) is 23.4. The molecule has 4 rings (SSSR count). The van der Waals surface area contributed by atoms with E-state index in [2.05, 4.69) is 5.32 Å². The highest BCUT2D eigenvalue weighted by molar-refractivity contribution is 5.81. The molecule has 0 bridgehead atoms. The van der Waals surface area contributed by atoms with Crippen LogP contribution in [0.25, 0.3) is 11.1 Å². The van der Waals surface area contributed by atoms with Gasteiger partial charge >= 0.3 is 0 Å². The maximum absolute atomic E-state index is 13.2. The number of hydrogen-bond acceptors (Lipinski definition) is 3. The van der Waals surface area contributed by atoms with E-state index >= 15 is 0 Å². The number of carbonyl (C=O) groups excluding carboxylic acids is 2. The van der Waals surface area contributed by atoms with E-state index < -0.39 is 0 Å². The molecule has 2 fully saturated rings. The molecule has 2 aromatic rings. The molecule has 0 spiro atoms. The van der Waals surface area contributed by atoms with Gasteiger partial charge < -0.3 is 15.3 Å². The van der Waals surface area contributed by atoms with Gasteiger partial charge in [0.05, 0.1) is 18.7 Å². The molecule has 0 radical (unpaired) electrons. The Balaban J connectivity index is 1.53. The Hall–Kier alpha value is -2.73. The first-order chi connectivity index (χ1) is 14.0. The second-order valence-electron chi connectivity index (χ2n) is 7.92. The average molecular weight is 396 g/mol. The van der Waals surface area contributed by atoms with Gasteiger partial charge in [0.25, 0.3) is 0 Å². The standard InChI is InChI=1S/C23H25FN2O3/c1-14(28)26-20(12-25-23(29)18-6-7-18)22(21(26)13-27)17-4-2-15(3-5-17)16-8-10-19(24)11-9-16/h2-5,8-11,18,20-22,27H,6-7,12-13H2,1H3,(H,25,29)/t20-,21-,22-/m0/s1. The van der Waals surface area contributed by atoms with E-state index in [-0.39, 0.29) is 48.2 Å². The molecule has 1 saturated heterocycles. The Bertz CT molecular complexity index is 893. The van der Waals surface area contributed by atoms with Crippen molar-refractivity contribution in [1.29, 1.82) is 0 Å². The van der Waals surface area contributed by atoms with Crippen molar-refractivity contribution in [1.82, 2.24) is 10.2 Å². The van der Waals surface area contributed by atoms with Gasteiger partial charge in [-0.1, -0.05) is 36.4 Å². The van der Waals surface area contributed by atoms with Crippen molar-refractivity contribution in [3.8, 4) is 11.1 Å². The summed E-state index contributed by atoms with van der Waals surface area (Å²) in [5.41, 5.74) is 2.90. The molecule has 152 valence electrons. The zero-order chi connectivity index (χ0) is 20.5. The maximum Gasteiger partial charge on any atom is 0.223 e. The molecule has 2 aliphatic rings. The van der Waals surface area contributed by atoms with Crippen molar-refractivity contribution in [2.75, 3.05) is 13.2 Å². The van der Waals surface area contributed by atoms with Crippen molar-refractivity contribution in [3.63, 3.8) is 0 Å². The molecule has 29 heavy (non-hydrogen) atoms. The van der Waals surface area contributed by atoms with E-state index in [1.807, 2.05) is 24.3 Å². The number of halogens is 1. The minimum atomic E-state index is -0.299. The minimum Gasteiger partial charge on any atom is -0.394 e. The largest absolute Gasteiger partial charge is 0.394 e. The van der Waals surface area contributed by atoms with Crippen LogP contribution in [0.15, 0.2) is 48.5 Å². The van der Waals surface area contributed by atoms with Crippen molar-refractivity contribution in [2.45, 2.75) is 37.8 Å². The summed E-state index contributed by atoms with van der Waals surface area (Å²) in [7, 11) is 0. The first-order valence-corrected chi connectivity index (χ1v) is 10.0. The molecule has 2 N–H and O–H groups in total. The fraction of sp³-hybridized carbons (Fsp3) is 0.391. The lowest BCUT2D eigenvalue weighted by Crippen LogP contribution is -2.68. The molecular weight excluding hydrogens is 371 g/mol. The lowest BCUT2D eigenvalue weighted by atomic mass is 9.74. The first kappa shape index (κ1) is 19.6. The van der Waals surface area contributed by atoms with Crippen LogP contribution in [-0.2, 0) is 9.59 Å². The molecule has 1 heterocycles. The summed E-state index contributed by atoms with van der Waals surface area (Å²) in [6.07, 6.45) is 1.86. The number of nitrogens with one attached hydrogen (secondary N) is 1. The molecule has 5 nitrogen and oxygen atoms in total. The van der Waals surface area contributed by atoms with Crippen molar-refractivity contribution in [2.24, 2.45) is 5.92 Å². The van der Waals surface area contributed by atoms with Gasteiger partial charge in [-0.2, -0.15) is 0 Å². The Morgan fingerprint density at radius 2 is 1.62 bits per heavy atom. The van der Waals surface area contributed by atoms with Crippen LogP contribution in [0, 0.1) is 11.7 Å². The third-order valence-electron chi connectivity index (χ3n) is 6.00. The average Bonchev–Trinajstić information content (AvgIpc) is 3.53. The zero-order valence-corrected chi connectivity index (χ0v) is 16.3. The summed E-state index contributed by atoms with van der Waals surface area (Å²) in [6.45, 7) is 1.75. The van der Waals surface area contributed by atoms with Crippen LogP contribution in [0.5, 0.6) is 0 Å². The van der Waals surface area contributed by atoms with Crippen LogP contribution in [0.2, 0.25) is 0 Å². The molecule has 0 aromatic heterocycles. The van der Waals surface area contributed by atoms with Crippen LogP contribution in [0.4, 0.5) is 4.39 Å². The topological polar surface area (TPSA) is 69.6 Å². The number of aliphatic hydroxyl groups excluding tert-OH is 1. The Kier molecular flexibility index (Phi) is 5.37. The van der Waals surface area contributed by atoms with Crippen molar-refractivity contribution >= 4 is 11.8 Å². The number of amides is 2. The monoisotopic (exact) mass is 396 g/mol. The van der Waals surface area contributed by atoms with Gasteiger partial charge in [0, 0.05) is 25.3 Å². The Morgan fingerprint density at radius 3 is 2.14 bits per heavy atom. The molecule has 6 heteroatoms. The van der Waals surface area contributed by atoms with E-state index in [9.17, 15) is 19.1 Å². The molecule has 2 amide bonds. The van der Waals surface area contributed by atoms with E-state index in [0.717, 1.165) is 29.5 Å². The van der Waals surface area contributed by atoms with Crippen LogP contribution in [0.3, 0.4) is 0 Å². The summed E-state index contributed by atoms with van der Waals surface area (Å²) < 4.78 is 13.2. The lowest BCUT2D eigenvalue weighted by molar-refractivity contribution is -0.148. The highest BCUT2D eigenvalue weighted by atomic mass is 19.1. The molecule has 2 aromatic carbocycles. The van der Waals surface area contributed by atoms with Gasteiger partial charge in [-0.15, -0.1) is 0 Å². The Labute approximate surface area is 169 Å². The lowest BCUT2D eigenvalue weighted by Gasteiger charge is -2.54. The van der Waals surface area contributed by atoms with E-state index in [0.29, 0.717) is 6.54 Å². The van der Waals surface area contributed by atoms with Gasteiger partial charge in [-0.05, 0) is 41.7 Å². The summed E-state index contributed by atoms with van der Waals surface area (Å²) in [6, 6.07) is 13.8. The summed E-state index contributed by atoms with van der Waals surface area (Å²) in [5.74, 6) is -0.264. The minimum absolute atomic E-state index is 0.0476. The van der Waals surface area contributed by atoms with Crippen LogP contribution >= 0.6 is 0 Å². The summed E-state index contributed by atoms with van der Waals surface area (Å²) in [5, 5.41) is 12.8. The smallest absolute Gasteiger partial charge is 0.223 e. The van der Waals surface area contributed by atoms with E-state index in [1.165, 1.54) is 19.1 Å². The first-order valence-electron chi connectivity index (χ1n) is 10.0. The number of aliphatic hydroxyl groups is 1. The van der Waals surface area contributed by atoms with Crippen LogP contribution in [0.1, 0.15) is 31.2 Å². The van der Waals surface area contributed by atoms with E-state index in [1.54, 1.807) is 17.0 Å². The molecule has 1 aliphatic heterocycles. The Morgan fingerprint density at radius 1 is 1.03 bits per heavy atom. The second kappa shape index (κ2) is 7.95. The van der Waals surface area contributed by atoms with Crippen LogP contribution in [-0.4, -0.2) is 47.1 Å². The van der Waals surface area contributed by atoms with Gasteiger partial charge in [-0.25, -0.2) is 4.39 Å². The third kappa shape index (κ3) is 3.90. The highest BCUT2D eigenvalue weighted by Gasteiger charge is 2.50. The van der Waals surface area contributed by atoms with Crippen molar-refractivity contribution < 1.29 is 19.1 Å². The molecule has 0 unspecified atom stereocenters. The predicted octanol–water partition coefficient (Wildman–Crippen LogP) is 2.69. The zero-order valence-electron chi connectivity index (χ0n) is 16.3. The quantitative estimate of drug-likeness (QED) is 0.789. The molecule has 1 saturated carbocycles. The van der Waals surface area contributed by atoms with Gasteiger partial charge in [0.15, 0.2) is 0 Å². The SMILES string of the molecule is CC(=O)N1[C@@H](CO)[C@@H](c2ccc(-c3ccc(F)cc3)cc2)[C@@H]1CNC(=O)C1CC1. The van der Waals surface area contributed by atoms with Gasteiger partial charge in [0.2, 0.25) is 11.8 Å². The third-order valence-corrected chi connectivity index (χ3v) is 6.00. The summed E-state index contributed by atoms with van der Waals surface area (Å²) in [4.78, 5) is 25.8. The predicted molar refractivity (Wildman–Crippen MR) is 107 cm³/mol. The van der Waals surface area contributed by atoms with Gasteiger partial charge in [-0.3, -0.25) is 9.59 Å². The summed E-state index contributed by atoms with van der Waals surface area (Å²) >= 11 is 0. The number of rotatable bonds is 6. The fourth-order valence-corrected chi connectivity index (χ4v) is 4.32. The number of benzene rings is 2.